The minimum atomic E-state index is -0.171. The average molecular weight is 329 g/mol. The van der Waals surface area contributed by atoms with Crippen LogP contribution in [-0.2, 0) is 0 Å². The second kappa shape index (κ2) is 5.57. The molecule has 0 radical (unpaired) electrons. The number of hydrazone groups is 1. The van der Waals surface area contributed by atoms with Gasteiger partial charge < -0.3 is 0 Å². The maximum absolute atomic E-state index is 11.6. The summed E-state index contributed by atoms with van der Waals surface area (Å²) in [5.74, 6) is -0.171. The van der Waals surface area contributed by atoms with E-state index in [1.54, 1.807) is 17.4 Å². The Morgan fingerprint density at radius 1 is 1.35 bits per heavy atom. The van der Waals surface area contributed by atoms with Crippen molar-refractivity contribution in [1.29, 1.82) is 0 Å². The van der Waals surface area contributed by atoms with Gasteiger partial charge in [0, 0.05) is 0 Å². The van der Waals surface area contributed by atoms with Gasteiger partial charge >= 0.3 is 0 Å². The highest BCUT2D eigenvalue weighted by atomic mass is 79.9. The molecule has 0 aromatic carbocycles. The zero-order valence-electron chi connectivity index (χ0n) is 8.94. The lowest BCUT2D eigenvalue weighted by Crippen LogP contribution is -2.17. The number of nitrogens with zero attached hydrogens (tertiary/aromatic N) is 1. The number of carbonyl (C=O) groups excluding carboxylic acids is 1. The van der Waals surface area contributed by atoms with Crippen LogP contribution in [0.1, 0.15) is 21.5 Å². The molecule has 0 atom stereocenters. The van der Waals surface area contributed by atoms with Crippen LogP contribution in [0.4, 0.5) is 0 Å². The topological polar surface area (TPSA) is 41.5 Å². The van der Waals surface area contributed by atoms with Gasteiger partial charge in [-0.1, -0.05) is 6.07 Å². The van der Waals surface area contributed by atoms with E-state index in [4.69, 9.17) is 0 Å². The third-order valence-corrected chi connectivity index (χ3v) is 4.60. The van der Waals surface area contributed by atoms with Gasteiger partial charge in [-0.15, -0.1) is 22.7 Å². The van der Waals surface area contributed by atoms with E-state index in [0.717, 1.165) is 14.4 Å². The van der Waals surface area contributed by atoms with Gasteiger partial charge in [0.1, 0.15) is 0 Å². The summed E-state index contributed by atoms with van der Waals surface area (Å²) in [6, 6.07) is 7.53. The summed E-state index contributed by atoms with van der Waals surface area (Å²) in [5, 5.41) is 5.94. The Morgan fingerprint density at radius 2 is 2.18 bits per heavy atom. The van der Waals surface area contributed by atoms with Crippen LogP contribution in [0.5, 0.6) is 0 Å². The molecule has 2 rings (SSSR count). The standard InChI is InChI=1S/C11H9BrN2OS2/c1-7(8-4-5-10(12)17-8)13-14-11(15)9-3-2-6-16-9/h2-6H,1H3,(H,14,15)/b13-7+. The van der Waals surface area contributed by atoms with Crippen molar-refractivity contribution < 1.29 is 4.79 Å². The van der Waals surface area contributed by atoms with Gasteiger partial charge in [0.15, 0.2) is 0 Å². The van der Waals surface area contributed by atoms with E-state index in [1.807, 2.05) is 30.5 Å². The molecule has 1 amide bonds. The van der Waals surface area contributed by atoms with E-state index >= 15 is 0 Å². The van der Waals surface area contributed by atoms with Crippen LogP contribution < -0.4 is 5.43 Å². The molecule has 2 aromatic rings. The third kappa shape index (κ3) is 3.24. The van der Waals surface area contributed by atoms with Crippen molar-refractivity contribution in [2.75, 3.05) is 0 Å². The fourth-order valence-corrected chi connectivity index (χ4v) is 3.11. The first-order valence-electron chi connectivity index (χ1n) is 4.80. The van der Waals surface area contributed by atoms with E-state index in [1.165, 1.54) is 11.3 Å². The summed E-state index contributed by atoms with van der Waals surface area (Å²) in [7, 11) is 0. The lowest BCUT2D eigenvalue weighted by molar-refractivity contribution is 0.0959. The number of nitrogens with one attached hydrogen (secondary N) is 1. The van der Waals surface area contributed by atoms with Gasteiger partial charge in [0.25, 0.3) is 5.91 Å². The lowest BCUT2D eigenvalue weighted by Gasteiger charge is -1.98. The molecule has 2 heterocycles. The normalized spacial score (nSPS) is 11.5. The minimum Gasteiger partial charge on any atom is -0.266 e. The summed E-state index contributed by atoms with van der Waals surface area (Å²) in [6.45, 7) is 1.87. The lowest BCUT2D eigenvalue weighted by atomic mass is 10.3. The van der Waals surface area contributed by atoms with E-state index < -0.39 is 0 Å². The van der Waals surface area contributed by atoms with Crippen molar-refractivity contribution in [3.8, 4) is 0 Å². The van der Waals surface area contributed by atoms with Gasteiger partial charge in [-0.2, -0.15) is 5.10 Å². The van der Waals surface area contributed by atoms with Crippen molar-refractivity contribution in [2.24, 2.45) is 5.10 Å². The molecule has 1 N–H and O–H groups in total. The molecule has 0 spiro atoms. The molecule has 0 saturated heterocycles. The first kappa shape index (κ1) is 12.5. The molecule has 0 fully saturated rings. The minimum absolute atomic E-state index is 0.171. The monoisotopic (exact) mass is 328 g/mol. The van der Waals surface area contributed by atoms with E-state index in [2.05, 4.69) is 26.5 Å². The highest BCUT2D eigenvalue weighted by Crippen LogP contribution is 2.22. The largest absolute Gasteiger partial charge is 0.281 e. The third-order valence-electron chi connectivity index (χ3n) is 2.00. The smallest absolute Gasteiger partial charge is 0.266 e. The Hall–Kier alpha value is -0.980. The number of hydrogen-bond donors (Lipinski definition) is 1. The molecule has 3 nitrogen and oxygen atoms in total. The number of thiophene rings is 2. The van der Waals surface area contributed by atoms with Gasteiger partial charge in [-0.05, 0) is 46.4 Å². The van der Waals surface area contributed by atoms with Gasteiger partial charge in [-0.3, -0.25) is 4.79 Å². The van der Waals surface area contributed by atoms with E-state index in [9.17, 15) is 4.79 Å². The van der Waals surface area contributed by atoms with Crippen molar-refractivity contribution in [3.63, 3.8) is 0 Å². The number of halogens is 1. The predicted octanol–water partition coefficient (Wildman–Crippen LogP) is 3.73. The Labute approximate surface area is 115 Å². The van der Waals surface area contributed by atoms with Crippen LogP contribution in [0.15, 0.2) is 38.5 Å². The molecular weight excluding hydrogens is 320 g/mol. The number of amides is 1. The SMILES string of the molecule is C/C(=N\NC(=O)c1cccs1)c1ccc(Br)s1. The summed E-state index contributed by atoms with van der Waals surface area (Å²) >= 11 is 6.37. The zero-order valence-corrected chi connectivity index (χ0v) is 12.2. The molecule has 88 valence electrons. The molecule has 0 unspecified atom stereocenters. The van der Waals surface area contributed by atoms with E-state index in [0.29, 0.717) is 4.88 Å². The highest BCUT2D eigenvalue weighted by Gasteiger charge is 2.06. The van der Waals surface area contributed by atoms with Crippen LogP contribution in [0.25, 0.3) is 0 Å². The van der Waals surface area contributed by atoms with Crippen LogP contribution in [0.3, 0.4) is 0 Å². The molecule has 6 heteroatoms. The van der Waals surface area contributed by atoms with Crippen molar-refractivity contribution >= 4 is 50.2 Å². The van der Waals surface area contributed by atoms with Gasteiger partial charge in [0.2, 0.25) is 0 Å². The van der Waals surface area contributed by atoms with Crippen molar-refractivity contribution in [1.82, 2.24) is 5.43 Å². The molecule has 0 aliphatic heterocycles. The summed E-state index contributed by atoms with van der Waals surface area (Å²) < 4.78 is 1.05. The van der Waals surface area contributed by atoms with Crippen LogP contribution >= 0.6 is 38.6 Å². The predicted molar refractivity (Wildman–Crippen MR) is 76.0 cm³/mol. The molecule has 0 aliphatic carbocycles. The Bertz CT molecular complexity index is 546. The second-order valence-corrected chi connectivity index (χ2v) is 6.63. The quantitative estimate of drug-likeness (QED) is 0.677. The molecule has 0 saturated carbocycles. The summed E-state index contributed by atoms with van der Waals surface area (Å²) in [4.78, 5) is 13.3. The first-order chi connectivity index (χ1) is 8.16. The fraction of sp³-hybridized carbons (Fsp3) is 0.0909. The zero-order chi connectivity index (χ0) is 12.3. The summed E-state index contributed by atoms with van der Waals surface area (Å²) in [5.41, 5.74) is 3.34. The maximum atomic E-state index is 11.6. The van der Waals surface area contributed by atoms with Crippen LogP contribution in [-0.4, -0.2) is 11.6 Å². The van der Waals surface area contributed by atoms with Crippen molar-refractivity contribution in [2.45, 2.75) is 6.92 Å². The molecule has 0 aliphatic rings. The molecule has 0 bridgehead atoms. The van der Waals surface area contributed by atoms with Crippen molar-refractivity contribution in [3.05, 3.63) is 43.2 Å². The van der Waals surface area contributed by atoms with Gasteiger partial charge in [-0.25, -0.2) is 5.43 Å². The average Bonchev–Trinajstić information content (AvgIpc) is 2.95. The molecule has 2 aromatic heterocycles. The molecule has 17 heavy (non-hydrogen) atoms. The second-order valence-electron chi connectivity index (χ2n) is 3.22. The number of carbonyl (C=O) groups is 1. The maximum Gasteiger partial charge on any atom is 0.281 e. The van der Waals surface area contributed by atoms with E-state index in [-0.39, 0.29) is 5.91 Å². The Morgan fingerprint density at radius 3 is 2.76 bits per heavy atom. The fourth-order valence-electron chi connectivity index (χ4n) is 1.16. The van der Waals surface area contributed by atoms with Crippen LogP contribution in [0.2, 0.25) is 0 Å². The number of rotatable bonds is 3. The van der Waals surface area contributed by atoms with Crippen LogP contribution in [0, 0.1) is 0 Å². The first-order valence-corrected chi connectivity index (χ1v) is 7.29. The highest BCUT2D eigenvalue weighted by molar-refractivity contribution is 9.11. The van der Waals surface area contributed by atoms with Gasteiger partial charge in [0.05, 0.1) is 19.3 Å². The Kier molecular flexibility index (Phi) is 4.09. The molecular formula is C11H9BrN2OS2. The summed E-state index contributed by atoms with van der Waals surface area (Å²) in [6.07, 6.45) is 0. The Balaban J connectivity index is 2.04. The number of hydrogen-bond acceptors (Lipinski definition) is 4.